The van der Waals surface area contributed by atoms with Crippen molar-refractivity contribution in [3.63, 3.8) is 0 Å². The number of halogens is 1. The van der Waals surface area contributed by atoms with Crippen molar-refractivity contribution in [3.8, 4) is 5.75 Å². The second-order valence-corrected chi connectivity index (χ2v) is 6.29. The first kappa shape index (κ1) is 13.7. The average Bonchev–Trinajstić information content (AvgIpc) is 2.53. The van der Waals surface area contributed by atoms with Crippen LogP contribution in [0.1, 0.15) is 39.9 Å². The maximum atomic E-state index is 5.31. The van der Waals surface area contributed by atoms with E-state index >= 15 is 0 Å². The van der Waals surface area contributed by atoms with E-state index in [1.54, 1.807) is 7.11 Å². The summed E-state index contributed by atoms with van der Waals surface area (Å²) in [6, 6.07) is 15.2. The summed E-state index contributed by atoms with van der Waals surface area (Å²) >= 11 is 3.83. The van der Waals surface area contributed by atoms with Gasteiger partial charge in [-0.1, -0.05) is 46.3 Å². The summed E-state index contributed by atoms with van der Waals surface area (Å²) < 4.78 is 5.31. The minimum Gasteiger partial charge on any atom is -0.497 e. The molecule has 0 saturated carbocycles. The fraction of sp³-hybridized carbons (Fsp3) is 0.333. The summed E-state index contributed by atoms with van der Waals surface area (Å²) in [6.07, 6.45) is 5.12. The van der Waals surface area contributed by atoms with Crippen LogP contribution in [0, 0.1) is 0 Å². The zero-order chi connectivity index (χ0) is 13.9. The third-order valence-corrected chi connectivity index (χ3v) is 5.11. The van der Waals surface area contributed by atoms with Crippen LogP contribution in [0.15, 0.2) is 42.5 Å². The van der Waals surface area contributed by atoms with Gasteiger partial charge >= 0.3 is 0 Å². The van der Waals surface area contributed by atoms with Crippen molar-refractivity contribution >= 4 is 15.9 Å². The largest absolute Gasteiger partial charge is 0.497 e. The van der Waals surface area contributed by atoms with Crippen molar-refractivity contribution in [2.24, 2.45) is 0 Å². The highest BCUT2D eigenvalue weighted by atomic mass is 79.9. The summed E-state index contributed by atoms with van der Waals surface area (Å²) in [5.74, 6) is 0.907. The normalized spacial score (nSPS) is 15.5. The highest BCUT2D eigenvalue weighted by Gasteiger charge is 2.15. The van der Waals surface area contributed by atoms with Crippen LogP contribution < -0.4 is 4.74 Å². The molecule has 20 heavy (non-hydrogen) atoms. The van der Waals surface area contributed by atoms with Crippen molar-refractivity contribution in [2.45, 2.75) is 30.5 Å². The molecule has 2 aromatic carbocycles. The average molecular weight is 331 g/mol. The van der Waals surface area contributed by atoms with E-state index < -0.39 is 0 Å². The fourth-order valence-electron chi connectivity index (χ4n) is 2.90. The van der Waals surface area contributed by atoms with Crippen LogP contribution in [0.3, 0.4) is 0 Å². The van der Waals surface area contributed by atoms with E-state index in [-0.39, 0.29) is 4.83 Å². The number of methoxy groups -OCH3 is 1. The molecule has 0 aromatic heterocycles. The number of rotatable bonds is 3. The van der Waals surface area contributed by atoms with Gasteiger partial charge in [-0.25, -0.2) is 0 Å². The van der Waals surface area contributed by atoms with Gasteiger partial charge in [0.05, 0.1) is 11.9 Å². The van der Waals surface area contributed by atoms with Gasteiger partial charge in [0.25, 0.3) is 0 Å². The number of alkyl halides is 1. The Kier molecular flexibility index (Phi) is 4.11. The monoisotopic (exact) mass is 330 g/mol. The standard InChI is InChI=1S/C18H19BrO/c1-20-17-8-4-7-15(12-17)18(19)16-10-9-13-5-2-3-6-14(13)11-16/h4,7-12,18H,2-3,5-6H2,1H3. The predicted molar refractivity (Wildman–Crippen MR) is 86.8 cm³/mol. The number of hydrogen-bond acceptors (Lipinski definition) is 1. The topological polar surface area (TPSA) is 9.23 Å². The van der Waals surface area contributed by atoms with E-state index in [0.29, 0.717) is 0 Å². The molecule has 104 valence electrons. The lowest BCUT2D eigenvalue weighted by atomic mass is 9.89. The van der Waals surface area contributed by atoms with Crippen LogP contribution >= 0.6 is 15.9 Å². The first-order chi connectivity index (χ1) is 9.78. The Bertz CT molecular complexity index is 606. The van der Waals surface area contributed by atoms with Crippen LogP contribution in [0.4, 0.5) is 0 Å². The molecule has 1 aliphatic rings. The molecule has 0 heterocycles. The van der Waals surface area contributed by atoms with Gasteiger partial charge in [0.1, 0.15) is 5.75 Å². The molecule has 0 N–H and O–H groups in total. The van der Waals surface area contributed by atoms with Crippen molar-refractivity contribution in [1.82, 2.24) is 0 Å². The van der Waals surface area contributed by atoms with E-state index in [2.05, 4.69) is 46.3 Å². The third-order valence-electron chi connectivity index (χ3n) is 4.05. The van der Waals surface area contributed by atoms with E-state index in [9.17, 15) is 0 Å². The molecule has 0 bridgehead atoms. The van der Waals surface area contributed by atoms with Gasteiger partial charge in [-0.05, 0) is 60.1 Å². The van der Waals surface area contributed by atoms with E-state index in [1.165, 1.54) is 47.9 Å². The smallest absolute Gasteiger partial charge is 0.119 e. The molecule has 1 unspecified atom stereocenters. The molecule has 0 amide bonds. The molecule has 2 aromatic rings. The molecule has 0 fully saturated rings. The van der Waals surface area contributed by atoms with Crippen LogP contribution in [0.2, 0.25) is 0 Å². The van der Waals surface area contributed by atoms with E-state index in [1.807, 2.05) is 12.1 Å². The summed E-state index contributed by atoms with van der Waals surface area (Å²) in [5.41, 5.74) is 5.63. The van der Waals surface area contributed by atoms with E-state index in [4.69, 9.17) is 4.74 Å². The van der Waals surface area contributed by atoms with Crippen LogP contribution in [-0.2, 0) is 12.8 Å². The Hall–Kier alpha value is -1.28. The quantitative estimate of drug-likeness (QED) is 0.715. The minimum atomic E-state index is 0.227. The Labute approximate surface area is 129 Å². The molecule has 1 atom stereocenters. The second kappa shape index (κ2) is 6.01. The summed E-state index contributed by atoms with van der Waals surface area (Å²) in [4.78, 5) is 0.227. The maximum absolute atomic E-state index is 5.31. The molecular formula is C18H19BrO. The van der Waals surface area contributed by atoms with Crippen LogP contribution in [-0.4, -0.2) is 7.11 Å². The van der Waals surface area contributed by atoms with Gasteiger partial charge < -0.3 is 4.74 Å². The highest BCUT2D eigenvalue weighted by molar-refractivity contribution is 9.09. The minimum absolute atomic E-state index is 0.227. The zero-order valence-corrected chi connectivity index (χ0v) is 13.3. The van der Waals surface area contributed by atoms with Gasteiger partial charge in [0.15, 0.2) is 0 Å². The van der Waals surface area contributed by atoms with Gasteiger partial charge in [-0.2, -0.15) is 0 Å². The number of hydrogen-bond donors (Lipinski definition) is 0. The molecular weight excluding hydrogens is 312 g/mol. The Morgan fingerprint density at radius 3 is 2.50 bits per heavy atom. The van der Waals surface area contributed by atoms with Crippen molar-refractivity contribution < 1.29 is 4.74 Å². The number of benzene rings is 2. The molecule has 1 nitrogen and oxygen atoms in total. The lowest BCUT2D eigenvalue weighted by Gasteiger charge is -2.19. The van der Waals surface area contributed by atoms with Crippen molar-refractivity contribution in [1.29, 1.82) is 0 Å². The summed E-state index contributed by atoms with van der Waals surface area (Å²) in [5, 5.41) is 0. The van der Waals surface area contributed by atoms with Crippen LogP contribution in [0.5, 0.6) is 5.75 Å². The first-order valence-corrected chi connectivity index (χ1v) is 8.09. The third kappa shape index (κ3) is 2.76. The molecule has 0 saturated heterocycles. The van der Waals surface area contributed by atoms with Gasteiger partial charge in [0.2, 0.25) is 0 Å². The first-order valence-electron chi connectivity index (χ1n) is 7.17. The molecule has 3 rings (SSSR count). The number of aryl methyl sites for hydroxylation is 2. The maximum Gasteiger partial charge on any atom is 0.119 e. The summed E-state index contributed by atoms with van der Waals surface area (Å²) in [6.45, 7) is 0. The van der Waals surface area contributed by atoms with Crippen molar-refractivity contribution in [2.75, 3.05) is 7.11 Å². The SMILES string of the molecule is COc1cccc(C(Br)c2ccc3c(c2)CCCC3)c1. The summed E-state index contributed by atoms with van der Waals surface area (Å²) in [7, 11) is 1.71. The lowest BCUT2D eigenvalue weighted by molar-refractivity contribution is 0.414. The van der Waals surface area contributed by atoms with Gasteiger partial charge in [-0.15, -0.1) is 0 Å². The highest BCUT2D eigenvalue weighted by Crippen LogP contribution is 2.34. The van der Waals surface area contributed by atoms with Crippen LogP contribution in [0.25, 0.3) is 0 Å². The van der Waals surface area contributed by atoms with Gasteiger partial charge in [-0.3, -0.25) is 0 Å². The molecule has 0 radical (unpaired) electrons. The van der Waals surface area contributed by atoms with E-state index in [0.717, 1.165) is 5.75 Å². The molecule has 2 heteroatoms. The lowest BCUT2D eigenvalue weighted by Crippen LogP contribution is -2.04. The molecule has 1 aliphatic carbocycles. The van der Waals surface area contributed by atoms with Crippen molar-refractivity contribution in [3.05, 3.63) is 64.7 Å². The Balaban J connectivity index is 1.91. The number of ether oxygens (including phenoxy) is 1. The molecule has 0 spiro atoms. The number of fused-ring (bicyclic) bond motifs is 1. The predicted octanol–water partition coefficient (Wildman–Crippen LogP) is 5.06. The second-order valence-electron chi connectivity index (χ2n) is 5.37. The Morgan fingerprint density at radius 2 is 1.70 bits per heavy atom. The van der Waals surface area contributed by atoms with Gasteiger partial charge in [0, 0.05) is 0 Å². The zero-order valence-electron chi connectivity index (χ0n) is 11.7. The fourth-order valence-corrected chi connectivity index (χ4v) is 3.47. The molecule has 0 aliphatic heterocycles. The Morgan fingerprint density at radius 1 is 0.950 bits per heavy atom.